The molecule has 3 nitrogen and oxygen atoms in total. The van der Waals surface area contributed by atoms with E-state index in [1.807, 2.05) is 30.1 Å². The highest BCUT2D eigenvalue weighted by Gasteiger charge is 2.07. The van der Waals surface area contributed by atoms with Gasteiger partial charge in [0.1, 0.15) is 5.82 Å². The lowest BCUT2D eigenvalue weighted by atomic mass is 10.2. The Kier molecular flexibility index (Phi) is 3.77. The normalized spacial score (nSPS) is 11.2. The van der Waals surface area contributed by atoms with Crippen molar-refractivity contribution in [3.05, 3.63) is 53.1 Å². The molecule has 2 aromatic rings. The van der Waals surface area contributed by atoms with Gasteiger partial charge in [0.05, 0.1) is 6.20 Å². The van der Waals surface area contributed by atoms with Gasteiger partial charge in [0.25, 0.3) is 0 Å². The Morgan fingerprint density at radius 2 is 1.89 bits per heavy atom. The molecular formula is C14H18FN3. The van der Waals surface area contributed by atoms with E-state index in [0.29, 0.717) is 0 Å². The van der Waals surface area contributed by atoms with Crippen LogP contribution in [0.2, 0.25) is 0 Å². The molecule has 0 unspecified atom stereocenters. The Morgan fingerprint density at radius 3 is 2.44 bits per heavy atom. The number of hydrogen-bond donors (Lipinski definition) is 0. The zero-order chi connectivity index (χ0) is 13.1. The van der Waals surface area contributed by atoms with Gasteiger partial charge < -0.3 is 0 Å². The topological polar surface area (TPSA) is 21.1 Å². The molecule has 0 fully saturated rings. The van der Waals surface area contributed by atoms with Crippen molar-refractivity contribution in [1.82, 2.24) is 14.7 Å². The molecule has 0 aliphatic rings. The van der Waals surface area contributed by atoms with Gasteiger partial charge in [-0.05, 0) is 31.7 Å². The molecular weight excluding hydrogens is 229 g/mol. The molecule has 0 radical (unpaired) electrons. The highest BCUT2D eigenvalue weighted by Crippen LogP contribution is 2.11. The minimum Gasteiger partial charge on any atom is -0.298 e. The predicted molar refractivity (Wildman–Crippen MR) is 69.5 cm³/mol. The maximum atomic E-state index is 12.8. The summed E-state index contributed by atoms with van der Waals surface area (Å²) < 4.78 is 14.7. The average Bonchev–Trinajstić information content (AvgIpc) is 2.64. The van der Waals surface area contributed by atoms with Crippen LogP contribution in [-0.2, 0) is 20.1 Å². The summed E-state index contributed by atoms with van der Waals surface area (Å²) in [5.74, 6) is -0.190. The van der Waals surface area contributed by atoms with E-state index in [1.165, 1.54) is 23.4 Å². The van der Waals surface area contributed by atoms with Crippen molar-refractivity contribution < 1.29 is 4.39 Å². The van der Waals surface area contributed by atoms with Crippen LogP contribution in [0.3, 0.4) is 0 Å². The summed E-state index contributed by atoms with van der Waals surface area (Å²) in [5.41, 5.74) is 3.52. The molecule has 96 valence electrons. The van der Waals surface area contributed by atoms with Crippen LogP contribution in [0.25, 0.3) is 0 Å². The molecule has 0 aliphatic carbocycles. The van der Waals surface area contributed by atoms with E-state index in [0.717, 1.165) is 18.7 Å². The Morgan fingerprint density at radius 1 is 1.22 bits per heavy atom. The summed E-state index contributed by atoms with van der Waals surface area (Å²) in [6.07, 6.45) is 1.90. The van der Waals surface area contributed by atoms with E-state index < -0.39 is 0 Å². The number of aromatic nitrogens is 2. The first-order chi connectivity index (χ1) is 8.56. The van der Waals surface area contributed by atoms with Crippen LogP contribution in [0.15, 0.2) is 30.5 Å². The summed E-state index contributed by atoms with van der Waals surface area (Å²) in [7, 11) is 3.99. The zero-order valence-electron chi connectivity index (χ0n) is 11.0. The molecule has 0 bridgehead atoms. The van der Waals surface area contributed by atoms with Crippen LogP contribution in [0.4, 0.5) is 4.39 Å². The lowest BCUT2D eigenvalue weighted by Gasteiger charge is -2.16. The molecule has 4 heteroatoms. The van der Waals surface area contributed by atoms with E-state index in [-0.39, 0.29) is 5.82 Å². The lowest BCUT2D eigenvalue weighted by molar-refractivity contribution is 0.318. The van der Waals surface area contributed by atoms with Gasteiger partial charge in [0.15, 0.2) is 0 Å². The molecule has 0 aliphatic heterocycles. The summed E-state index contributed by atoms with van der Waals surface area (Å²) in [5, 5.41) is 4.23. The average molecular weight is 247 g/mol. The van der Waals surface area contributed by atoms with Crippen LogP contribution in [0, 0.1) is 12.7 Å². The summed E-state index contributed by atoms with van der Waals surface area (Å²) in [4.78, 5) is 2.19. The summed E-state index contributed by atoms with van der Waals surface area (Å²) in [6, 6.07) is 6.64. The van der Waals surface area contributed by atoms with E-state index in [9.17, 15) is 4.39 Å². The molecule has 0 N–H and O–H groups in total. The first-order valence-corrected chi connectivity index (χ1v) is 5.96. The van der Waals surface area contributed by atoms with Gasteiger partial charge in [0.2, 0.25) is 0 Å². The number of rotatable bonds is 4. The van der Waals surface area contributed by atoms with Crippen molar-refractivity contribution in [3.8, 4) is 0 Å². The number of nitrogens with zero attached hydrogens (tertiary/aromatic N) is 3. The van der Waals surface area contributed by atoms with E-state index >= 15 is 0 Å². The van der Waals surface area contributed by atoms with Crippen LogP contribution in [-0.4, -0.2) is 21.7 Å². The van der Waals surface area contributed by atoms with Crippen molar-refractivity contribution in [2.24, 2.45) is 7.05 Å². The molecule has 0 spiro atoms. The van der Waals surface area contributed by atoms with Crippen molar-refractivity contribution in [3.63, 3.8) is 0 Å². The quantitative estimate of drug-likeness (QED) is 0.827. The van der Waals surface area contributed by atoms with Gasteiger partial charge in [0, 0.05) is 31.4 Å². The van der Waals surface area contributed by atoms with Crippen LogP contribution >= 0.6 is 0 Å². The smallest absolute Gasteiger partial charge is 0.123 e. The van der Waals surface area contributed by atoms with E-state index in [4.69, 9.17) is 0 Å². The van der Waals surface area contributed by atoms with Crippen LogP contribution < -0.4 is 0 Å². The largest absolute Gasteiger partial charge is 0.298 e. The number of aryl methyl sites for hydroxylation is 1. The second-order valence-electron chi connectivity index (χ2n) is 4.68. The van der Waals surface area contributed by atoms with Crippen molar-refractivity contribution in [2.75, 3.05) is 7.05 Å². The molecule has 0 saturated heterocycles. The van der Waals surface area contributed by atoms with Crippen molar-refractivity contribution >= 4 is 0 Å². The molecule has 1 aromatic heterocycles. The molecule has 1 heterocycles. The molecule has 0 saturated carbocycles. The van der Waals surface area contributed by atoms with E-state index in [1.54, 1.807) is 0 Å². The molecule has 0 atom stereocenters. The van der Waals surface area contributed by atoms with E-state index in [2.05, 4.69) is 24.0 Å². The molecule has 1 aromatic carbocycles. The fourth-order valence-electron chi connectivity index (χ4n) is 1.95. The highest BCUT2D eigenvalue weighted by atomic mass is 19.1. The third-order valence-electron chi connectivity index (χ3n) is 3.14. The summed E-state index contributed by atoms with van der Waals surface area (Å²) >= 11 is 0. The SMILES string of the molecule is Cc1c(CN(C)Cc2ccc(F)cc2)cnn1C. The zero-order valence-corrected chi connectivity index (χ0v) is 11.0. The monoisotopic (exact) mass is 247 g/mol. The first kappa shape index (κ1) is 12.8. The fraction of sp³-hybridized carbons (Fsp3) is 0.357. The first-order valence-electron chi connectivity index (χ1n) is 5.96. The van der Waals surface area contributed by atoms with Gasteiger partial charge in [-0.3, -0.25) is 9.58 Å². The number of benzene rings is 1. The maximum Gasteiger partial charge on any atom is 0.123 e. The minimum absolute atomic E-state index is 0.190. The highest BCUT2D eigenvalue weighted by molar-refractivity contribution is 5.18. The molecule has 2 rings (SSSR count). The number of halogens is 1. The predicted octanol–water partition coefficient (Wildman–Crippen LogP) is 2.50. The van der Waals surface area contributed by atoms with Gasteiger partial charge >= 0.3 is 0 Å². The standard InChI is InChI=1S/C14H18FN3/c1-11-13(8-16-18(11)3)10-17(2)9-12-4-6-14(15)7-5-12/h4-8H,9-10H2,1-3H3. The van der Waals surface area contributed by atoms with Crippen molar-refractivity contribution in [1.29, 1.82) is 0 Å². The second-order valence-corrected chi connectivity index (χ2v) is 4.68. The molecule has 18 heavy (non-hydrogen) atoms. The lowest BCUT2D eigenvalue weighted by Crippen LogP contribution is -2.17. The third kappa shape index (κ3) is 2.96. The van der Waals surface area contributed by atoms with Gasteiger partial charge in [-0.15, -0.1) is 0 Å². The maximum absolute atomic E-state index is 12.8. The van der Waals surface area contributed by atoms with Crippen LogP contribution in [0.5, 0.6) is 0 Å². The van der Waals surface area contributed by atoms with Gasteiger partial charge in [-0.1, -0.05) is 12.1 Å². The van der Waals surface area contributed by atoms with Gasteiger partial charge in [-0.25, -0.2) is 4.39 Å². The fourth-order valence-corrected chi connectivity index (χ4v) is 1.95. The minimum atomic E-state index is -0.190. The van der Waals surface area contributed by atoms with Crippen molar-refractivity contribution in [2.45, 2.75) is 20.0 Å². The Balaban J connectivity index is 1.98. The Hall–Kier alpha value is -1.68. The Labute approximate surface area is 107 Å². The summed E-state index contributed by atoms with van der Waals surface area (Å²) in [6.45, 7) is 3.71. The second kappa shape index (κ2) is 5.31. The third-order valence-corrected chi connectivity index (χ3v) is 3.14. The van der Waals surface area contributed by atoms with Gasteiger partial charge in [-0.2, -0.15) is 5.10 Å². The Bertz CT molecular complexity index is 516. The van der Waals surface area contributed by atoms with Crippen LogP contribution in [0.1, 0.15) is 16.8 Å². The number of hydrogen-bond acceptors (Lipinski definition) is 2. The molecule has 0 amide bonds.